The summed E-state index contributed by atoms with van der Waals surface area (Å²) in [6.07, 6.45) is 3.66. The Balaban J connectivity index is 1.76. The molecule has 1 unspecified atom stereocenters. The number of amides is 1. The van der Waals surface area contributed by atoms with Gasteiger partial charge >= 0.3 is 0 Å². The molecule has 0 fully saturated rings. The summed E-state index contributed by atoms with van der Waals surface area (Å²) >= 11 is 1.45. The first kappa shape index (κ1) is 17.8. The number of nitriles is 1. The highest BCUT2D eigenvalue weighted by atomic mass is 32.1. The second kappa shape index (κ2) is 7.47. The SMILES string of the molecule is C[NH+]1CCc2c(sc(NC(=O)/C=C\c3cccc([N+](=O)[O-])c3)c2C#N)C1. The second-order valence-corrected chi connectivity index (χ2v) is 7.23. The zero-order chi connectivity index (χ0) is 18.7. The fourth-order valence-electron chi connectivity index (χ4n) is 2.89. The summed E-state index contributed by atoms with van der Waals surface area (Å²) in [5, 5.41) is 23.6. The zero-order valence-corrected chi connectivity index (χ0v) is 14.9. The highest BCUT2D eigenvalue weighted by molar-refractivity contribution is 7.16. The fraction of sp³-hybridized carbons (Fsp3) is 0.222. The standard InChI is InChI=1S/C18H16N4O3S/c1-21-8-7-14-15(10-19)18(26-16(14)11-21)20-17(23)6-5-12-3-2-4-13(9-12)22(24)25/h2-6,9H,7-8,11H2,1H3,(H,20,23)/p+1/b6-5-. The first-order valence-corrected chi connectivity index (χ1v) is 8.89. The van der Waals surface area contributed by atoms with Gasteiger partial charge in [0.2, 0.25) is 5.91 Å². The van der Waals surface area contributed by atoms with Gasteiger partial charge in [0.05, 0.1) is 29.0 Å². The van der Waals surface area contributed by atoms with E-state index in [0.29, 0.717) is 16.1 Å². The number of nitrogens with zero attached hydrogens (tertiary/aromatic N) is 2. The maximum atomic E-state index is 12.2. The molecular formula is C18H17N4O3S+. The van der Waals surface area contributed by atoms with E-state index in [9.17, 15) is 20.2 Å². The normalized spacial score (nSPS) is 16.1. The van der Waals surface area contributed by atoms with Crippen LogP contribution >= 0.6 is 11.3 Å². The number of likely N-dealkylation sites (N-methyl/N-ethyl adjacent to an activating group) is 1. The Bertz CT molecular complexity index is 942. The van der Waals surface area contributed by atoms with Gasteiger partial charge < -0.3 is 10.2 Å². The lowest BCUT2D eigenvalue weighted by Crippen LogP contribution is -3.08. The average molecular weight is 369 g/mol. The van der Waals surface area contributed by atoms with Crippen molar-refractivity contribution in [3.05, 3.63) is 62.0 Å². The van der Waals surface area contributed by atoms with Crippen LogP contribution in [0.25, 0.3) is 6.08 Å². The number of hydrogen-bond donors (Lipinski definition) is 2. The third-order valence-electron chi connectivity index (χ3n) is 4.21. The fourth-order valence-corrected chi connectivity index (χ4v) is 4.21. The van der Waals surface area contributed by atoms with Gasteiger partial charge in [-0.3, -0.25) is 14.9 Å². The van der Waals surface area contributed by atoms with Crippen LogP contribution in [0.15, 0.2) is 30.3 Å². The Morgan fingerprint density at radius 2 is 2.31 bits per heavy atom. The summed E-state index contributed by atoms with van der Waals surface area (Å²) < 4.78 is 0. The van der Waals surface area contributed by atoms with Crippen molar-refractivity contribution >= 4 is 34.0 Å². The van der Waals surface area contributed by atoms with E-state index < -0.39 is 4.92 Å². The number of rotatable bonds is 4. The van der Waals surface area contributed by atoms with Gasteiger partial charge in [-0.25, -0.2) is 0 Å². The summed E-state index contributed by atoms with van der Waals surface area (Å²) in [7, 11) is 2.11. The van der Waals surface area contributed by atoms with Crippen LogP contribution in [0.4, 0.5) is 10.7 Å². The van der Waals surface area contributed by atoms with Gasteiger partial charge in [0.15, 0.2) is 0 Å². The number of benzene rings is 1. The lowest BCUT2D eigenvalue weighted by molar-refractivity contribution is -0.895. The number of fused-ring (bicyclic) bond motifs is 1. The van der Waals surface area contributed by atoms with Crippen molar-refractivity contribution in [2.24, 2.45) is 0 Å². The van der Waals surface area contributed by atoms with E-state index in [-0.39, 0.29) is 11.6 Å². The summed E-state index contributed by atoms with van der Waals surface area (Å²) in [5.41, 5.74) is 2.12. The van der Waals surface area contributed by atoms with Crippen LogP contribution in [-0.4, -0.2) is 24.4 Å². The lowest BCUT2D eigenvalue weighted by atomic mass is 10.0. The van der Waals surface area contributed by atoms with E-state index in [4.69, 9.17) is 0 Å². The molecule has 26 heavy (non-hydrogen) atoms. The molecule has 0 saturated carbocycles. The summed E-state index contributed by atoms with van der Waals surface area (Å²) in [6.45, 7) is 1.83. The third-order valence-corrected chi connectivity index (χ3v) is 5.36. The molecule has 1 atom stereocenters. The summed E-state index contributed by atoms with van der Waals surface area (Å²) in [6, 6.07) is 8.24. The molecule has 1 aliphatic rings. The van der Waals surface area contributed by atoms with Crippen LogP contribution in [0.5, 0.6) is 0 Å². The number of hydrogen-bond acceptors (Lipinski definition) is 5. The minimum Gasteiger partial charge on any atom is -0.333 e. The van der Waals surface area contributed by atoms with Crippen LogP contribution in [0.2, 0.25) is 0 Å². The number of carbonyl (C=O) groups excluding carboxylic acids is 1. The summed E-state index contributed by atoms with van der Waals surface area (Å²) in [5.74, 6) is -0.368. The van der Waals surface area contributed by atoms with Gasteiger partial charge in [0, 0.05) is 24.6 Å². The molecule has 8 heteroatoms. The van der Waals surface area contributed by atoms with E-state index in [1.165, 1.54) is 40.5 Å². The number of non-ortho nitro benzene ring substituents is 1. The molecule has 0 radical (unpaired) electrons. The molecule has 1 aromatic heterocycles. The van der Waals surface area contributed by atoms with E-state index in [1.807, 2.05) is 0 Å². The molecule has 7 nitrogen and oxygen atoms in total. The molecule has 1 amide bonds. The Kier molecular flexibility index (Phi) is 5.11. The Morgan fingerprint density at radius 3 is 3.04 bits per heavy atom. The summed E-state index contributed by atoms with van der Waals surface area (Å²) in [4.78, 5) is 25.0. The number of nitro benzene ring substituents is 1. The molecule has 0 saturated heterocycles. The van der Waals surface area contributed by atoms with Crippen molar-refractivity contribution in [3.63, 3.8) is 0 Å². The van der Waals surface area contributed by atoms with Crippen LogP contribution in [-0.2, 0) is 17.8 Å². The minimum absolute atomic E-state index is 0.0307. The predicted molar refractivity (Wildman–Crippen MR) is 99.0 cm³/mol. The van der Waals surface area contributed by atoms with E-state index in [1.54, 1.807) is 12.1 Å². The maximum Gasteiger partial charge on any atom is 0.270 e. The second-order valence-electron chi connectivity index (χ2n) is 6.13. The van der Waals surface area contributed by atoms with E-state index in [2.05, 4.69) is 18.4 Å². The minimum atomic E-state index is -0.480. The first-order valence-electron chi connectivity index (χ1n) is 8.07. The van der Waals surface area contributed by atoms with Gasteiger partial charge in [-0.15, -0.1) is 11.3 Å². The number of nitrogens with one attached hydrogen (secondary N) is 2. The Labute approximate surface area is 154 Å². The highest BCUT2D eigenvalue weighted by Crippen LogP contribution is 2.34. The van der Waals surface area contributed by atoms with Crippen LogP contribution in [0, 0.1) is 21.4 Å². The average Bonchev–Trinajstić information content (AvgIpc) is 2.96. The van der Waals surface area contributed by atoms with Crippen molar-refractivity contribution in [1.82, 2.24) is 0 Å². The van der Waals surface area contributed by atoms with Crippen molar-refractivity contribution in [3.8, 4) is 6.07 Å². The number of quaternary nitrogens is 1. The van der Waals surface area contributed by atoms with E-state index >= 15 is 0 Å². The lowest BCUT2D eigenvalue weighted by Gasteiger charge is -2.18. The van der Waals surface area contributed by atoms with Crippen LogP contribution < -0.4 is 10.2 Å². The van der Waals surface area contributed by atoms with Gasteiger partial charge in [0.25, 0.3) is 5.69 Å². The molecule has 2 aromatic rings. The molecule has 3 rings (SSSR count). The molecule has 0 aliphatic carbocycles. The smallest absolute Gasteiger partial charge is 0.270 e. The molecule has 2 heterocycles. The number of carbonyl (C=O) groups is 1. The molecule has 132 valence electrons. The molecule has 0 bridgehead atoms. The Morgan fingerprint density at radius 1 is 1.50 bits per heavy atom. The zero-order valence-electron chi connectivity index (χ0n) is 14.1. The third kappa shape index (κ3) is 3.79. The molecule has 2 N–H and O–H groups in total. The largest absolute Gasteiger partial charge is 0.333 e. The number of nitro groups is 1. The molecule has 0 spiro atoms. The van der Waals surface area contributed by atoms with Gasteiger partial charge in [-0.2, -0.15) is 5.26 Å². The van der Waals surface area contributed by atoms with Crippen molar-refractivity contribution < 1.29 is 14.6 Å². The maximum absolute atomic E-state index is 12.2. The van der Waals surface area contributed by atoms with Crippen LogP contribution in [0.1, 0.15) is 21.6 Å². The molecular weight excluding hydrogens is 352 g/mol. The topological polar surface area (TPSA) is 100 Å². The predicted octanol–water partition coefficient (Wildman–Crippen LogP) is 1.75. The van der Waals surface area contributed by atoms with E-state index in [0.717, 1.165) is 30.0 Å². The van der Waals surface area contributed by atoms with Gasteiger partial charge in [0.1, 0.15) is 17.6 Å². The quantitative estimate of drug-likeness (QED) is 0.487. The molecule has 1 aromatic carbocycles. The van der Waals surface area contributed by atoms with Gasteiger partial charge in [-0.05, 0) is 17.2 Å². The molecule has 1 aliphatic heterocycles. The van der Waals surface area contributed by atoms with Crippen molar-refractivity contribution in [2.45, 2.75) is 13.0 Å². The number of anilines is 1. The first-order chi connectivity index (χ1) is 12.5. The van der Waals surface area contributed by atoms with Crippen molar-refractivity contribution in [2.75, 3.05) is 18.9 Å². The highest BCUT2D eigenvalue weighted by Gasteiger charge is 2.25. The van der Waals surface area contributed by atoms with Crippen molar-refractivity contribution in [1.29, 1.82) is 5.26 Å². The Hall–Kier alpha value is -3.02. The monoisotopic (exact) mass is 369 g/mol. The number of thiophene rings is 1. The van der Waals surface area contributed by atoms with Gasteiger partial charge in [-0.1, -0.05) is 12.1 Å². The van der Waals surface area contributed by atoms with Crippen LogP contribution in [0.3, 0.4) is 0 Å².